The molecule has 1 fully saturated rings. The summed E-state index contributed by atoms with van der Waals surface area (Å²) in [5.41, 5.74) is 2.75. The summed E-state index contributed by atoms with van der Waals surface area (Å²) in [6, 6.07) is 11.0. The number of hydrogen-bond acceptors (Lipinski definition) is 3. The summed E-state index contributed by atoms with van der Waals surface area (Å²) in [6.07, 6.45) is -0.163. The van der Waals surface area contributed by atoms with Gasteiger partial charge in [-0.25, -0.2) is 13.2 Å². The zero-order valence-corrected chi connectivity index (χ0v) is 16.1. The third-order valence-electron chi connectivity index (χ3n) is 5.22. The Kier molecular flexibility index (Phi) is 5.03. The van der Waals surface area contributed by atoms with Crippen molar-refractivity contribution < 1.29 is 19.4 Å². The highest BCUT2D eigenvalue weighted by Crippen LogP contribution is 2.32. The number of alkyl halides is 2. The molecule has 2 aliphatic heterocycles. The van der Waals surface area contributed by atoms with Crippen LogP contribution in [0.25, 0.3) is 0 Å². The highest BCUT2D eigenvalue weighted by atomic mass is 32.2. The summed E-state index contributed by atoms with van der Waals surface area (Å²) in [7, 11) is 0. The summed E-state index contributed by atoms with van der Waals surface area (Å²) >= 11 is 1.51. The van der Waals surface area contributed by atoms with Gasteiger partial charge in [0.2, 0.25) is 0 Å². The molecule has 1 amide bonds. The number of benzene rings is 2. The summed E-state index contributed by atoms with van der Waals surface area (Å²) in [5, 5.41) is 0.781. The van der Waals surface area contributed by atoms with Gasteiger partial charge < -0.3 is 5.31 Å². The fraction of sp³-hybridized carbons (Fsp3) is 0.381. The number of nitrogens with one attached hydrogen (secondary N) is 1. The third kappa shape index (κ3) is 4.20. The zero-order chi connectivity index (χ0) is 20.6. The van der Waals surface area contributed by atoms with E-state index in [0.29, 0.717) is 31.0 Å². The maximum atomic E-state index is 14.0. The Hall–Kier alpha value is -1.99. The molecule has 2 aliphatic rings. The summed E-state index contributed by atoms with van der Waals surface area (Å²) in [4.78, 5) is 14.8. The standard InChI is InChI=1S/C21H21F3N2OS/c22-17-5-6-18(16-11-25-20(27)19(16)17)28-13-15-3-1-14(2-4-15)12-26-9-7-21(23,24)8-10-26/h1-6H,7-13H2,(H,25,27)/i/hD. The molecule has 2 heterocycles. The van der Waals surface area contributed by atoms with Crippen LogP contribution in [0.3, 0.4) is 0 Å². The number of carbonyl (C=O) groups excluding carboxylic acids is 1. The Labute approximate surface area is 167 Å². The molecule has 1 saturated heterocycles. The number of carbonyl (C=O) groups is 1. The van der Waals surface area contributed by atoms with Crippen LogP contribution in [-0.4, -0.2) is 29.8 Å². The van der Waals surface area contributed by atoms with Crippen molar-refractivity contribution in [3.8, 4) is 0 Å². The van der Waals surface area contributed by atoms with Gasteiger partial charge in [-0.2, -0.15) is 0 Å². The first-order valence-corrected chi connectivity index (χ1v) is 10.2. The van der Waals surface area contributed by atoms with Crippen molar-refractivity contribution in [2.24, 2.45) is 0 Å². The predicted octanol–water partition coefficient (Wildman–Crippen LogP) is 4.59. The van der Waals surface area contributed by atoms with Gasteiger partial charge in [-0.3, -0.25) is 9.69 Å². The Bertz CT molecular complexity index is 913. The van der Waals surface area contributed by atoms with Crippen molar-refractivity contribution in [1.82, 2.24) is 10.2 Å². The molecule has 148 valence electrons. The van der Waals surface area contributed by atoms with Gasteiger partial charge in [0.05, 0.1) is 5.56 Å². The van der Waals surface area contributed by atoms with Crippen LogP contribution in [-0.2, 0) is 18.8 Å². The predicted molar refractivity (Wildman–Crippen MR) is 103 cm³/mol. The quantitative estimate of drug-likeness (QED) is 0.736. The highest BCUT2D eigenvalue weighted by Gasteiger charge is 2.33. The van der Waals surface area contributed by atoms with Crippen LogP contribution in [0.1, 0.15) is 39.9 Å². The second-order valence-corrected chi connectivity index (χ2v) is 8.27. The smallest absolute Gasteiger partial charge is 0.254 e. The molecule has 0 spiro atoms. The van der Waals surface area contributed by atoms with Crippen LogP contribution >= 0.6 is 11.8 Å². The number of likely N-dealkylation sites (tertiary alicyclic amines) is 1. The molecule has 2 aromatic rings. The topological polar surface area (TPSA) is 32.3 Å². The first-order valence-electron chi connectivity index (χ1n) is 9.70. The van der Waals surface area contributed by atoms with E-state index in [2.05, 4.69) is 0 Å². The Balaban J connectivity index is 1.37. The van der Waals surface area contributed by atoms with Crippen LogP contribution in [0.15, 0.2) is 41.3 Å². The van der Waals surface area contributed by atoms with Crippen LogP contribution < -0.4 is 5.31 Å². The average Bonchev–Trinajstić information content (AvgIpc) is 3.00. The first kappa shape index (κ1) is 18.1. The van der Waals surface area contributed by atoms with E-state index in [-0.39, 0.29) is 24.9 Å². The summed E-state index contributed by atoms with van der Waals surface area (Å²) in [5.74, 6) is -3.05. The molecule has 0 radical (unpaired) electrons. The van der Waals surface area contributed by atoms with Crippen molar-refractivity contribution in [3.63, 3.8) is 0 Å². The second-order valence-electron chi connectivity index (χ2n) is 7.26. The van der Waals surface area contributed by atoms with Crippen LogP contribution in [0.5, 0.6) is 0 Å². The van der Waals surface area contributed by atoms with Gasteiger partial charge in [0, 0.05) is 55.2 Å². The van der Waals surface area contributed by atoms with E-state index < -0.39 is 17.6 Å². The number of fused-ring (bicyclic) bond motifs is 1. The third-order valence-corrected chi connectivity index (χ3v) is 6.40. The molecule has 0 atom stereocenters. The SMILES string of the molecule is [2H]N1Cc2c(SCc3ccc(CN4CCC(F)(F)CC4)cc3)ccc(F)c2C1=O. The van der Waals surface area contributed by atoms with E-state index in [1.165, 1.54) is 17.8 Å². The fourth-order valence-corrected chi connectivity index (χ4v) is 4.57. The number of rotatable bonds is 5. The van der Waals surface area contributed by atoms with Crippen molar-refractivity contribution in [1.29, 1.82) is 0 Å². The first-order chi connectivity index (χ1) is 13.8. The van der Waals surface area contributed by atoms with E-state index >= 15 is 0 Å². The lowest BCUT2D eigenvalue weighted by Gasteiger charge is -2.31. The van der Waals surface area contributed by atoms with Crippen molar-refractivity contribution in [2.45, 2.75) is 42.5 Å². The summed E-state index contributed by atoms with van der Waals surface area (Å²) in [6.45, 7) is 1.58. The van der Waals surface area contributed by atoms with Crippen molar-refractivity contribution >= 4 is 17.7 Å². The molecule has 0 aromatic heterocycles. The van der Waals surface area contributed by atoms with Gasteiger partial charge in [0.1, 0.15) is 5.82 Å². The molecule has 28 heavy (non-hydrogen) atoms. The molecular formula is C21H21F3N2OS. The van der Waals surface area contributed by atoms with E-state index in [9.17, 15) is 18.0 Å². The van der Waals surface area contributed by atoms with Gasteiger partial charge >= 0.3 is 0 Å². The van der Waals surface area contributed by atoms with Gasteiger partial charge in [0.25, 0.3) is 11.8 Å². The lowest BCUT2D eigenvalue weighted by atomic mass is 10.1. The number of piperidine rings is 1. The molecule has 3 nitrogen and oxygen atoms in total. The summed E-state index contributed by atoms with van der Waals surface area (Å²) < 4.78 is 48.1. The molecule has 4 rings (SSSR count). The second kappa shape index (κ2) is 7.79. The number of thioether (sulfide) groups is 1. The van der Waals surface area contributed by atoms with Crippen LogP contribution in [0, 0.1) is 5.82 Å². The zero-order valence-electron chi connectivity index (χ0n) is 16.3. The van der Waals surface area contributed by atoms with Crippen LogP contribution in [0.4, 0.5) is 13.2 Å². The molecule has 0 saturated carbocycles. The van der Waals surface area contributed by atoms with E-state index in [4.69, 9.17) is 1.41 Å². The highest BCUT2D eigenvalue weighted by molar-refractivity contribution is 7.98. The number of hydrogen-bond donors (Lipinski definition) is 1. The molecule has 0 bridgehead atoms. The molecule has 7 heteroatoms. The minimum absolute atomic E-state index is 0.00690. The van der Waals surface area contributed by atoms with Gasteiger partial charge in [-0.15, -0.1) is 11.8 Å². The van der Waals surface area contributed by atoms with Crippen molar-refractivity contribution in [2.75, 3.05) is 13.1 Å². The van der Waals surface area contributed by atoms with Crippen molar-refractivity contribution in [3.05, 3.63) is 64.5 Å². The average molecular weight is 407 g/mol. The van der Waals surface area contributed by atoms with Gasteiger partial charge in [-0.05, 0) is 23.3 Å². The monoisotopic (exact) mass is 407 g/mol. The number of nitrogens with zero attached hydrogens (tertiary/aromatic N) is 1. The van der Waals surface area contributed by atoms with E-state index in [1.54, 1.807) is 6.07 Å². The lowest BCUT2D eigenvalue weighted by Crippen LogP contribution is -2.38. The molecule has 0 aliphatic carbocycles. The van der Waals surface area contributed by atoms with E-state index in [0.717, 1.165) is 21.3 Å². The van der Waals surface area contributed by atoms with Gasteiger partial charge in [0.15, 0.2) is 1.41 Å². The minimum atomic E-state index is -2.53. The van der Waals surface area contributed by atoms with E-state index in [1.807, 2.05) is 29.2 Å². The minimum Gasteiger partial charge on any atom is -0.348 e. The number of amides is 1. The normalized spacial score (nSPS) is 19.6. The van der Waals surface area contributed by atoms with Gasteiger partial charge in [-0.1, -0.05) is 24.3 Å². The largest absolute Gasteiger partial charge is 0.348 e. The number of halogens is 3. The Morgan fingerprint density at radius 2 is 1.79 bits per heavy atom. The molecule has 0 unspecified atom stereocenters. The van der Waals surface area contributed by atoms with Crippen LogP contribution in [0.2, 0.25) is 1.41 Å². The Morgan fingerprint density at radius 1 is 1.11 bits per heavy atom. The Morgan fingerprint density at radius 3 is 2.50 bits per heavy atom. The maximum absolute atomic E-state index is 14.0. The fourth-order valence-electron chi connectivity index (χ4n) is 3.55. The molecular weight excluding hydrogens is 385 g/mol. The lowest BCUT2D eigenvalue weighted by molar-refractivity contribution is -0.0566. The molecule has 1 N–H and O–H groups in total. The molecule has 2 aromatic carbocycles. The maximum Gasteiger partial charge on any atom is 0.254 e.